The predicted molar refractivity (Wildman–Crippen MR) is 46.4 cm³/mol. The van der Waals surface area contributed by atoms with Crippen molar-refractivity contribution in [2.24, 2.45) is 5.41 Å². The average Bonchev–Trinajstić information content (AvgIpc) is 2.30. The summed E-state index contributed by atoms with van der Waals surface area (Å²) in [6.07, 6.45) is 1.29. The lowest BCUT2D eigenvalue weighted by Crippen LogP contribution is -2.27. The van der Waals surface area contributed by atoms with Gasteiger partial charge in [0, 0.05) is 5.41 Å². The molecule has 1 aliphatic heterocycles. The first-order chi connectivity index (χ1) is 5.41. The number of aliphatic hydroxyl groups excluding tert-OH is 1. The second kappa shape index (κ2) is 3.07. The zero-order chi connectivity index (χ0) is 9.35. The third-order valence-electron chi connectivity index (χ3n) is 1.68. The van der Waals surface area contributed by atoms with E-state index >= 15 is 0 Å². The number of rotatable bonds is 1. The molecule has 1 rings (SSSR count). The fourth-order valence-corrected chi connectivity index (χ4v) is 0.903. The van der Waals surface area contributed by atoms with Crippen LogP contribution in [-0.4, -0.2) is 16.4 Å². The molecule has 0 saturated heterocycles. The van der Waals surface area contributed by atoms with Gasteiger partial charge in [0.15, 0.2) is 0 Å². The van der Waals surface area contributed by atoms with Crippen LogP contribution in [0, 0.1) is 12.0 Å². The van der Waals surface area contributed by atoms with Gasteiger partial charge in [0.25, 0.3) is 0 Å². The summed E-state index contributed by atoms with van der Waals surface area (Å²) in [7, 11) is 0. The van der Waals surface area contributed by atoms with Crippen molar-refractivity contribution in [3.8, 4) is 0 Å². The van der Waals surface area contributed by atoms with E-state index in [1.807, 2.05) is 6.08 Å². The van der Waals surface area contributed by atoms with Crippen LogP contribution in [0.1, 0.15) is 27.7 Å². The molecule has 3 heteroatoms. The topological polar surface area (TPSA) is 32.7 Å². The van der Waals surface area contributed by atoms with E-state index < -0.39 is 6.23 Å². The van der Waals surface area contributed by atoms with Gasteiger partial charge in [0.1, 0.15) is 12.0 Å². The fraction of sp³-hybridized carbons (Fsp3) is 0.667. The molecule has 0 bridgehead atoms. The summed E-state index contributed by atoms with van der Waals surface area (Å²) < 4.78 is 0. The van der Waals surface area contributed by atoms with E-state index in [0.717, 1.165) is 5.76 Å². The number of hydrogen-bond acceptors (Lipinski definition) is 3. The van der Waals surface area contributed by atoms with E-state index in [-0.39, 0.29) is 5.41 Å². The van der Waals surface area contributed by atoms with Crippen LogP contribution < -0.4 is 0 Å². The lowest BCUT2D eigenvalue weighted by molar-refractivity contribution is -0.177. The summed E-state index contributed by atoms with van der Waals surface area (Å²) in [6, 6.07) is 0. The van der Waals surface area contributed by atoms with Gasteiger partial charge in [-0.2, -0.15) is 0 Å². The smallest absolute Gasteiger partial charge is 0.138 e. The molecule has 0 aliphatic carbocycles. The highest BCUT2D eigenvalue weighted by molar-refractivity contribution is 5.11. The molecule has 3 nitrogen and oxygen atoms in total. The minimum atomic E-state index is -0.596. The van der Waals surface area contributed by atoms with E-state index in [0.29, 0.717) is 0 Å². The average molecular weight is 170 g/mol. The fourth-order valence-electron chi connectivity index (χ4n) is 0.903. The standard InChI is InChI=1S/C9H16NO2/c1-7(11)10-6-5-8(12-10)9(2,3)4/h5-7,11H,1-4H3. The molecule has 0 saturated carbocycles. The molecule has 1 aliphatic rings. The maximum Gasteiger partial charge on any atom is 0.138 e. The van der Waals surface area contributed by atoms with Gasteiger partial charge in [0.05, 0.1) is 6.54 Å². The molecule has 1 atom stereocenters. The monoisotopic (exact) mass is 170 g/mol. The summed E-state index contributed by atoms with van der Waals surface area (Å²) in [5.74, 6) is 0.878. The Morgan fingerprint density at radius 3 is 2.33 bits per heavy atom. The lowest BCUT2D eigenvalue weighted by Gasteiger charge is -2.24. The molecule has 0 amide bonds. The van der Waals surface area contributed by atoms with E-state index in [1.54, 1.807) is 13.5 Å². The third-order valence-corrected chi connectivity index (χ3v) is 1.68. The molecule has 1 unspecified atom stereocenters. The van der Waals surface area contributed by atoms with Gasteiger partial charge in [-0.05, 0) is 13.0 Å². The highest BCUT2D eigenvalue weighted by atomic mass is 16.7. The van der Waals surface area contributed by atoms with Crippen LogP contribution in [-0.2, 0) is 4.84 Å². The molecule has 1 heterocycles. The van der Waals surface area contributed by atoms with Gasteiger partial charge >= 0.3 is 0 Å². The number of nitrogens with zero attached hydrogens (tertiary/aromatic N) is 1. The number of aliphatic hydroxyl groups is 1. The van der Waals surface area contributed by atoms with Crippen LogP contribution in [0.25, 0.3) is 0 Å². The minimum absolute atomic E-state index is 0.000139. The van der Waals surface area contributed by atoms with Crippen molar-refractivity contribution in [1.29, 1.82) is 0 Å². The Morgan fingerprint density at radius 1 is 1.50 bits per heavy atom. The summed E-state index contributed by atoms with van der Waals surface area (Å²) in [5, 5.41) is 10.6. The van der Waals surface area contributed by atoms with Crippen LogP contribution in [0.2, 0.25) is 0 Å². The first-order valence-electron chi connectivity index (χ1n) is 4.11. The summed E-state index contributed by atoms with van der Waals surface area (Å²) in [6.45, 7) is 9.61. The van der Waals surface area contributed by atoms with Crippen molar-refractivity contribution in [2.45, 2.75) is 33.9 Å². The van der Waals surface area contributed by atoms with Crippen molar-refractivity contribution < 1.29 is 9.94 Å². The highest BCUT2D eigenvalue weighted by Crippen LogP contribution is 2.31. The molecule has 1 N–H and O–H groups in total. The van der Waals surface area contributed by atoms with Crippen molar-refractivity contribution in [2.75, 3.05) is 0 Å². The summed E-state index contributed by atoms with van der Waals surface area (Å²) >= 11 is 0. The Labute approximate surface area is 73.6 Å². The number of hydrogen-bond donors (Lipinski definition) is 1. The Morgan fingerprint density at radius 2 is 2.08 bits per heavy atom. The molecule has 0 spiro atoms. The second-order valence-electron chi connectivity index (χ2n) is 4.01. The van der Waals surface area contributed by atoms with Gasteiger partial charge < -0.3 is 9.94 Å². The van der Waals surface area contributed by atoms with Gasteiger partial charge in [0.2, 0.25) is 0 Å². The Kier molecular flexibility index (Phi) is 2.44. The largest absolute Gasteiger partial charge is 0.407 e. The van der Waals surface area contributed by atoms with Crippen LogP contribution in [0.5, 0.6) is 0 Å². The molecular formula is C9H16NO2. The number of hydroxylamine groups is 2. The van der Waals surface area contributed by atoms with Crippen LogP contribution in [0.15, 0.2) is 11.8 Å². The van der Waals surface area contributed by atoms with E-state index in [1.165, 1.54) is 5.06 Å². The SMILES string of the molecule is CC(O)N1[CH]C=C(C(C)(C)C)O1. The normalized spacial score (nSPS) is 21.9. The molecule has 1 radical (unpaired) electrons. The third kappa shape index (κ3) is 1.99. The lowest BCUT2D eigenvalue weighted by atomic mass is 9.94. The predicted octanol–water partition coefficient (Wildman–Crippen LogP) is 1.66. The quantitative estimate of drug-likeness (QED) is 0.649. The minimum Gasteiger partial charge on any atom is -0.407 e. The van der Waals surface area contributed by atoms with Crippen molar-refractivity contribution in [3.05, 3.63) is 18.4 Å². The van der Waals surface area contributed by atoms with Gasteiger partial charge in [-0.25, -0.2) is 0 Å². The van der Waals surface area contributed by atoms with Crippen molar-refractivity contribution in [1.82, 2.24) is 5.06 Å². The second-order valence-corrected chi connectivity index (χ2v) is 4.01. The Hall–Kier alpha value is -0.540. The van der Waals surface area contributed by atoms with E-state index in [9.17, 15) is 5.11 Å². The molecule has 69 valence electrons. The van der Waals surface area contributed by atoms with Crippen molar-refractivity contribution in [3.63, 3.8) is 0 Å². The molecule has 0 aromatic rings. The zero-order valence-corrected chi connectivity index (χ0v) is 8.03. The van der Waals surface area contributed by atoms with Crippen LogP contribution in [0.4, 0.5) is 0 Å². The van der Waals surface area contributed by atoms with Gasteiger partial charge in [-0.1, -0.05) is 20.8 Å². The molecule has 0 aromatic carbocycles. The van der Waals surface area contributed by atoms with Gasteiger partial charge in [-0.3, -0.25) is 0 Å². The summed E-state index contributed by atoms with van der Waals surface area (Å²) in [4.78, 5) is 5.38. The molecule has 0 fully saturated rings. The van der Waals surface area contributed by atoms with E-state index in [4.69, 9.17) is 4.84 Å². The highest BCUT2D eigenvalue weighted by Gasteiger charge is 2.28. The van der Waals surface area contributed by atoms with E-state index in [2.05, 4.69) is 20.8 Å². The van der Waals surface area contributed by atoms with Crippen LogP contribution in [0.3, 0.4) is 0 Å². The first kappa shape index (κ1) is 9.55. The van der Waals surface area contributed by atoms with Crippen molar-refractivity contribution >= 4 is 0 Å². The Balaban J connectivity index is 2.55. The number of allylic oxidation sites excluding steroid dienone is 1. The molecular weight excluding hydrogens is 154 g/mol. The first-order valence-corrected chi connectivity index (χ1v) is 4.11. The molecule has 0 aromatic heterocycles. The molecule has 12 heavy (non-hydrogen) atoms. The Bertz CT molecular complexity index is 191. The van der Waals surface area contributed by atoms with Crippen LogP contribution >= 0.6 is 0 Å². The summed E-state index contributed by atoms with van der Waals surface area (Å²) in [5.41, 5.74) is 0.000139. The maximum atomic E-state index is 9.17. The maximum absolute atomic E-state index is 9.17. The van der Waals surface area contributed by atoms with Gasteiger partial charge in [-0.15, -0.1) is 5.06 Å². The zero-order valence-electron chi connectivity index (χ0n) is 8.03.